The molecular formula is C29H47N5O6SSi2. The van der Waals surface area contributed by atoms with Crippen LogP contribution in [0.25, 0.3) is 11.2 Å². The first-order valence-corrected chi connectivity index (χ1v) is 21.9. The Labute approximate surface area is 257 Å². The summed E-state index contributed by atoms with van der Waals surface area (Å²) < 4.78 is 46.5. The summed E-state index contributed by atoms with van der Waals surface area (Å²) in [4.78, 5) is 23.9. The fraction of sp³-hybridized carbons (Fsp3) is 0.621. The van der Waals surface area contributed by atoms with Crippen LogP contribution in [0.1, 0.15) is 59.3 Å². The molecule has 11 nitrogen and oxygen atoms in total. The van der Waals surface area contributed by atoms with Crippen molar-refractivity contribution in [1.29, 1.82) is 0 Å². The first-order chi connectivity index (χ1) is 19.6. The number of hydrogen-bond acceptors (Lipinski definition) is 10. The van der Waals surface area contributed by atoms with E-state index in [-0.39, 0.29) is 44.3 Å². The molecule has 3 heterocycles. The zero-order chi connectivity index (χ0) is 32.2. The highest BCUT2D eigenvalue weighted by Gasteiger charge is 2.47. The average molecular weight is 650 g/mol. The van der Waals surface area contributed by atoms with Gasteiger partial charge in [0.15, 0.2) is 27.8 Å². The summed E-state index contributed by atoms with van der Waals surface area (Å²) in [5.41, 5.74) is 7.43. The molecule has 0 radical (unpaired) electrons. The number of rotatable bonds is 10. The van der Waals surface area contributed by atoms with Crippen molar-refractivity contribution in [2.75, 3.05) is 12.3 Å². The monoisotopic (exact) mass is 649 g/mol. The number of hydrogen-bond donors (Lipinski definition) is 2. The van der Waals surface area contributed by atoms with Gasteiger partial charge in [-0.15, -0.1) is 0 Å². The maximum Gasteiger partial charge on any atom is 0.340 e. The van der Waals surface area contributed by atoms with Crippen LogP contribution in [0.2, 0.25) is 36.3 Å². The van der Waals surface area contributed by atoms with Crippen molar-refractivity contribution < 1.29 is 26.6 Å². The molecule has 0 saturated carbocycles. The topological polar surface area (TPSA) is 152 Å². The van der Waals surface area contributed by atoms with Crippen LogP contribution in [-0.2, 0) is 19.3 Å². The highest BCUT2D eigenvalue weighted by atomic mass is 32.2. The van der Waals surface area contributed by atoms with E-state index >= 15 is 0 Å². The van der Waals surface area contributed by atoms with Gasteiger partial charge in [-0.3, -0.25) is 4.57 Å². The van der Waals surface area contributed by atoms with E-state index in [1.165, 1.54) is 12.1 Å². The average Bonchev–Trinajstić information content (AvgIpc) is 3.45. The molecule has 0 spiro atoms. The standard InChI is InChI=1S/C29H47N5O6SSi2/c1-19-11-13-21(14-12-19)41(35,36)40-26-24-25(32-27(30)33-26)34(18-31-24)23-15-20(16-29(5,6)42(7,8)37)22(39-23)17-38-43(9,10)28(2,3)4/h11-14,18,20,22-23,37H,15-17H2,1-10H3,(H2,30,32,33)/t20?,22-,23-/m1/s1. The molecule has 1 aliphatic rings. The molecule has 0 aliphatic carbocycles. The summed E-state index contributed by atoms with van der Waals surface area (Å²) in [6.07, 6.45) is 2.27. The van der Waals surface area contributed by atoms with Crippen LogP contribution in [0, 0.1) is 12.8 Å². The maximum absolute atomic E-state index is 13.0. The molecule has 4 rings (SSSR count). The fourth-order valence-corrected chi connectivity index (χ4v) is 7.46. The van der Waals surface area contributed by atoms with Gasteiger partial charge in [0.2, 0.25) is 5.95 Å². The van der Waals surface area contributed by atoms with Crippen LogP contribution in [0.3, 0.4) is 0 Å². The lowest BCUT2D eigenvalue weighted by atomic mass is 9.90. The Balaban J connectivity index is 1.66. The maximum atomic E-state index is 13.0. The van der Waals surface area contributed by atoms with Crippen LogP contribution in [0.15, 0.2) is 35.5 Å². The Morgan fingerprint density at radius 3 is 2.30 bits per heavy atom. The lowest BCUT2D eigenvalue weighted by molar-refractivity contribution is -0.0278. The highest BCUT2D eigenvalue weighted by molar-refractivity contribution is 7.87. The molecule has 1 fully saturated rings. The van der Waals surface area contributed by atoms with Crippen LogP contribution in [0.4, 0.5) is 5.95 Å². The zero-order valence-electron chi connectivity index (χ0n) is 27.0. The number of imidazole rings is 1. The molecule has 3 N–H and O–H groups in total. The Hall–Kier alpha value is -2.37. The van der Waals surface area contributed by atoms with Gasteiger partial charge in [0, 0.05) is 0 Å². The van der Waals surface area contributed by atoms with Gasteiger partial charge in [0.25, 0.3) is 5.88 Å². The van der Waals surface area contributed by atoms with E-state index in [4.69, 9.17) is 19.1 Å². The van der Waals surface area contributed by atoms with E-state index in [0.717, 1.165) is 12.0 Å². The molecule has 0 bridgehead atoms. The second-order valence-electron chi connectivity index (χ2n) is 14.4. The number of anilines is 1. The summed E-state index contributed by atoms with van der Waals surface area (Å²) in [7, 11) is -8.73. The van der Waals surface area contributed by atoms with Gasteiger partial charge in [-0.05, 0) is 74.1 Å². The Morgan fingerprint density at radius 2 is 1.72 bits per heavy atom. The molecule has 43 heavy (non-hydrogen) atoms. The number of nitrogens with two attached hydrogens (primary N) is 1. The van der Waals surface area contributed by atoms with Crippen molar-refractivity contribution in [3.05, 3.63) is 36.2 Å². The van der Waals surface area contributed by atoms with E-state index in [2.05, 4.69) is 62.7 Å². The van der Waals surface area contributed by atoms with E-state index in [0.29, 0.717) is 18.7 Å². The molecule has 3 aromatic rings. The van der Waals surface area contributed by atoms with Crippen LogP contribution >= 0.6 is 0 Å². The number of aryl methyl sites for hydroxylation is 1. The minimum absolute atomic E-state index is 0.00706. The SMILES string of the molecule is Cc1ccc(S(=O)(=O)Oc2nc(N)nc3c2ncn3[C@H]2CC(CC(C)(C)[Si](C)(C)O)[C@@H](CO[Si](C)(C)C(C)(C)C)O2)cc1. The summed E-state index contributed by atoms with van der Waals surface area (Å²) in [6, 6.07) is 6.33. The predicted octanol–water partition coefficient (Wildman–Crippen LogP) is 5.78. The normalized spacial score (nSPS) is 20.6. The smallest absolute Gasteiger partial charge is 0.340 e. The highest BCUT2D eigenvalue weighted by Crippen LogP contribution is 2.48. The van der Waals surface area contributed by atoms with Crippen molar-refractivity contribution >= 4 is 43.9 Å². The second-order valence-corrected chi connectivity index (χ2v) is 25.2. The largest absolute Gasteiger partial charge is 0.432 e. The van der Waals surface area contributed by atoms with Crippen molar-refractivity contribution in [2.45, 2.75) is 108 Å². The second kappa shape index (κ2) is 11.5. The van der Waals surface area contributed by atoms with E-state index in [1.807, 2.05) is 20.0 Å². The number of aromatic nitrogens is 4. The lowest BCUT2D eigenvalue weighted by Crippen LogP contribution is -2.44. The summed E-state index contributed by atoms with van der Waals surface area (Å²) >= 11 is 0. The number of ether oxygens (including phenoxy) is 1. The van der Waals surface area contributed by atoms with E-state index < -0.39 is 33.0 Å². The van der Waals surface area contributed by atoms with E-state index in [9.17, 15) is 13.2 Å². The first kappa shape index (κ1) is 33.5. The quantitative estimate of drug-likeness (QED) is 0.204. The first-order valence-electron chi connectivity index (χ1n) is 14.6. The summed E-state index contributed by atoms with van der Waals surface area (Å²) in [6.45, 7) is 21.5. The van der Waals surface area contributed by atoms with Gasteiger partial charge < -0.3 is 23.9 Å². The minimum atomic E-state index is -4.19. The van der Waals surface area contributed by atoms with Gasteiger partial charge in [-0.25, -0.2) is 4.98 Å². The van der Waals surface area contributed by atoms with Crippen LogP contribution in [0.5, 0.6) is 5.88 Å². The third kappa shape index (κ3) is 7.15. The van der Waals surface area contributed by atoms with Crippen LogP contribution < -0.4 is 9.92 Å². The van der Waals surface area contributed by atoms with Gasteiger partial charge in [-0.1, -0.05) is 52.3 Å². The Morgan fingerprint density at radius 1 is 1.09 bits per heavy atom. The third-order valence-electron chi connectivity index (χ3n) is 9.42. The summed E-state index contributed by atoms with van der Waals surface area (Å²) in [5, 5.41) is -0.218. The third-order valence-corrected chi connectivity index (χ3v) is 18.7. The lowest BCUT2D eigenvalue weighted by Gasteiger charge is -2.39. The van der Waals surface area contributed by atoms with Gasteiger partial charge in [-0.2, -0.15) is 18.4 Å². The number of nitrogen functional groups attached to an aromatic ring is 1. The molecule has 0 amide bonds. The zero-order valence-corrected chi connectivity index (χ0v) is 29.8. The van der Waals surface area contributed by atoms with Crippen molar-refractivity contribution in [1.82, 2.24) is 19.5 Å². The molecular weight excluding hydrogens is 603 g/mol. The van der Waals surface area contributed by atoms with Crippen LogP contribution in [-0.4, -0.2) is 62.1 Å². The van der Waals surface area contributed by atoms with Gasteiger partial charge >= 0.3 is 10.1 Å². The molecule has 1 unspecified atom stereocenters. The Kier molecular flexibility index (Phi) is 8.99. The van der Waals surface area contributed by atoms with E-state index in [1.54, 1.807) is 23.0 Å². The number of nitrogens with zero attached hydrogens (tertiary/aromatic N) is 4. The molecule has 14 heteroatoms. The van der Waals surface area contributed by atoms with Crippen molar-refractivity contribution in [3.8, 4) is 5.88 Å². The molecule has 238 valence electrons. The van der Waals surface area contributed by atoms with Crippen molar-refractivity contribution in [3.63, 3.8) is 0 Å². The number of benzene rings is 1. The Bertz CT molecular complexity index is 1560. The molecule has 1 saturated heterocycles. The fourth-order valence-electron chi connectivity index (χ4n) is 4.79. The molecule has 1 aliphatic heterocycles. The van der Waals surface area contributed by atoms with Gasteiger partial charge in [0.05, 0.1) is 19.0 Å². The summed E-state index contributed by atoms with van der Waals surface area (Å²) in [5.74, 6) is -0.300. The number of fused-ring (bicyclic) bond motifs is 1. The molecule has 2 aromatic heterocycles. The predicted molar refractivity (Wildman–Crippen MR) is 172 cm³/mol. The molecule has 1 aromatic carbocycles. The molecule has 3 atom stereocenters. The van der Waals surface area contributed by atoms with Crippen molar-refractivity contribution in [2.24, 2.45) is 5.92 Å². The minimum Gasteiger partial charge on any atom is -0.432 e. The van der Waals surface area contributed by atoms with Gasteiger partial charge in [0.1, 0.15) is 11.1 Å².